The van der Waals surface area contributed by atoms with E-state index in [0.717, 1.165) is 18.4 Å². The Hall–Kier alpha value is -0.0400. The van der Waals surface area contributed by atoms with Crippen LogP contribution < -0.4 is 0 Å². The Kier molecular flexibility index (Phi) is 3.16. The molecule has 0 spiro atoms. The predicted molar refractivity (Wildman–Crippen MR) is 52.1 cm³/mol. The molecule has 1 unspecified atom stereocenters. The van der Waals surface area contributed by atoms with Crippen molar-refractivity contribution in [3.05, 3.63) is 0 Å². The molecule has 0 aromatic carbocycles. The highest BCUT2D eigenvalue weighted by molar-refractivity contribution is 4.81. The first kappa shape index (κ1) is 10.0. The molecule has 0 radical (unpaired) electrons. The van der Waals surface area contributed by atoms with Crippen LogP contribution in [0.5, 0.6) is 0 Å². The maximum Gasteiger partial charge on any atom is 0.0626 e. The summed E-state index contributed by atoms with van der Waals surface area (Å²) in [6.45, 7) is 12.4. The van der Waals surface area contributed by atoms with E-state index in [1.165, 1.54) is 0 Å². The fourth-order valence-electron chi connectivity index (χ4n) is 2.18. The van der Waals surface area contributed by atoms with Crippen LogP contribution in [0.2, 0.25) is 0 Å². The third kappa shape index (κ3) is 1.82. The monoisotopic (exact) mass is 170 g/mol. The Labute approximate surface area is 76.5 Å². The molecule has 0 aromatic rings. The van der Waals surface area contributed by atoms with E-state index in [4.69, 9.17) is 4.74 Å². The molecule has 1 heterocycles. The van der Waals surface area contributed by atoms with Gasteiger partial charge < -0.3 is 4.74 Å². The molecule has 12 heavy (non-hydrogen) atoms. The molecule has 72 valence electrons. The van der Waals surface area contributed by atoms with E-state index in [9.17, 15) is 0 Å². The molecule has 1 rings (SSSR count). The van der Waals surface area contributed by atoms with Crippen LogP contribution in [-0.4, -0.2) is 12.7 Å². The van der Waals surface area contributed by atoms with E-state index < -0.39 is 0 Å². The minimum absolute atomic E-state index is 0.483. The van der Waals surface area contributed by atoms with Gasteiger partial charge in [-0.15, -0.1) is 0 Å². The van der Waals surface area contributed by atoms with E-state index in [0.29, 0.717) is 17.9 Å². The normalized spacial score (nSPS) is 43.5. The van der Waals surface area contributed by atoms with Gasteiger partial charge >= 0.3 is 0 Å². The van der Waals surface area contributed by atoms with E-state index in [1.54, 1.807) is 0 Å². The van der Waals surface area contributed by atoms with Gasteiger partial charge in [0.1, 0.15) is 0 Å². The van der Waals surface area contributed by atoms with Crippen molar-refractivity contribution in [2.24, 2.45) is 23.7 Å². The van der Waals surface area contributed by atoms with Gasteiger partial charge in [0.25, 0.3) is 0 Å². The van der Waals surface area contributed by atoms with E-state index in [2.05, 4.69) is 34.6 Å². The van der Waals surface area contributed by atoms with Crippen molar-refractivity contribution in [1.82, 2.24) is 0 Å². The maximum atomic E-state index is 5.83. The molecular formula is C11H22O. The van der Waals surface area contributed by atoms with Gasteiger partial charge in [0, 0.05) is 6.61 Å². The fourth-order valence-corrected chi connectivity index (χ4v) is 2.18. The topological polar surface area (TPSA) is 9.23 Å². The average Bonchev–Trinajstić information content (AvgIpc) is 2.00. The zero-order valence-corrected chi connectivity index (χ0v) is 9.00. The lowest BCUT2D eigenvalue weighted by Crippen LogP contribution is -2.41. The second-order valence-corrected chi connectivity index (χ2v) is 4.74. The lowest BCUT2D eigenvalue weighted by molar-refractivity contribution is -0.0966. The smallest absolute Gasteiger partial charge is 0.0626 e. The first-order chi connectivity index (χ1) is 5.54. The summed E-state index contributed by atoms with van der Waals surface area (Å²) >= 11 is 0. The maximum absolute atomic E-state index is 5.83. The largest absolute Gasteiger partial charge is 0.377 e. The van der Waals surface area contributed by atoms with Gasteiger partial charge in [-0.25, -0.2) is 0 Å². The SMILES string of the molecule is CC(C)C1OC[C@@H](C)[C@@H](C)[C@@H]1C. The van der Waals surface area contributed by atoms with Gasteiger partial charge in [-0.05, 0) is 23.7 Å². The van der Waals surface area contributed by atoms with Gasteiger partial charge in [0.2, 0.25) is 0 Å². The standard InChI is InChI=1S/C11H22O/c1-7(2)11-10(5)9(4)8(3)6-12-11/h7-11H,6H2,1-5H3/t8-,9-,10+,11?/m1/s1. The molecule has 0 aromatic heterocycles. The Morgan fingerprint density at radius 3 is 2.17 bits per heavy atom. The molecule has 1 saturated heterocycles. The molecule has 0 aliphatic carbocycles. The van der Waals surface area contributed by atoms with Crippen molar-refractivity contribution in [3.8, 4) is 0 Å². The molecule has 0 amide bonds. The van der Waals surface area contributed by atoms with Crippen LogP contribution in [0.3, 0.4) is 0 Å². The van der Waals surface area contributed by atoms with Gasteiger partial charge in [-0.3, -0.25) is 0 Å². The number of hydrogen-bond donors (Lipinski definition) is 0. The van der Waals surface area contributed by atoms with Crippen LogP contribution in [-0.2, 0) is 4.74 Å². The van der Waals surface area contributed by atoms with Crippen LogP contribution in [0.15, 0.2) is 0 Å². The summed E-state index contributed by atoms with van der Waals surface area (Å²) in [6, 6.07) is 0. The van der Waals surface area contributed by atoms with E-state index in [1.807, 2.05) is 0 Å². The van der Waals surface area contributed by atoms with Crippen molar-refractivity contribution >= 4 is 0 Å². The summed E-state index contributed by atoms with van der Waals surface area (Å²) in [5.74, 6) is 2.92. The lowest BCUT2D eigenvalue weighted by atomic mass is 9.77. The highest BCUT2D eigenvalue weighted by Gasteiger charge is 2.33. The molecule has 0 bridgehead atoms. The Morgan fingerprint density at radius 2 is 1.67 bits per heavy atom. The summed E-state index contributed by atoms with van der Waals surface area (Å²) < 4.78 is 5.83. The zero-order chi connectivity index (χ0) is 9.30. The molecule has 1 fully saturated rings. The Balaban J connectivity index is 2.58. The molecular weight excluding hydrogens is 148 g/mol. The molecule has 1 aliphatic heterocycles. The number of ether oxygens (including phenoxy) is 1. The highest BCUT2D eigenvalue weighted by atomic mass is 16.5. The van der Waals surface area contributed by atoms with Crippen LogP contribution in [0, 0.1) is 23.7 Å². The van der Waals surface area contributed by atoms with Crippen molar-refractivity contribution in [2.45, 2.75) is 40.7 Å². The molecule has 0 saturated carbocycles. The molecule has 1 aliphatic rings. The van der Waals surface area contributed by atoms with Gasteiger partial charge in [-0.2, -0.15) is 0 Å². The second-order valence-electron chi connectivity index (χ2n) is 4.74. The number of hydrogen-bond acceptors (Lipinski definition) is 1. The predicted octanol–water partition coefficient (Wildman–Crippen LogP) is 2.95. The summed E-state index contributed by atoms with van der Waals surface area (Å²) in [5, 5.41) is 0. The number of rotatable bonds is 1. The molecule has 4 atom stereocenters. The van der Waals surface area contributed by atoms with Crippen LogP contribution in [0.1, 0.15) is 34.6 Å². The van der Waals surface area contributed by atoms with Crippen molar-refractivity contribution < 1.29 is 4.74 Å². The Morgan fingerprint density at radius 1 is 1.08 bits per heavy atom. The van der Waals surface area contributed by atoms with Crippen molar-refractivity contribution in [2.75, 3.05) is 6.61 Å². The fraction of sp³-hybridized carbons (Fsp3) is 1.00. The quantitative estimate of drug-likeness (QED) is 0.588. The molecule has 1 nitrogen and oxygen atoms in total. The highest BCUT2D eigenvalue weighted by Crippen LogP contribution is 2.33. The van der Waals surface area contributed by atoms with Gasteiger partial charge in [0.05, 0.1) is 6.10 Å². The van der Waals surface area contributed by atoms with Crippen LogP contribution in [0.25, 0.3) is 0 Å². The minimum Gasteiger partial charge on any atom is -0.377 e. The third-order valence-electron chi connectivity index (χ3n) is 3.45. The van der Waals surface area contributed by atoms with Gasteiger partial charge in [0.15, 0.2) is 0 Å². The van der Waals surface area contributed by atoms with E-state index >= 15 is 0 Å². The van der Waals surface area contributed by atoms with Crippen LogP contribution >= 0.6 is 0 Å². The summed E-state index contributed by atoms with van der Waals surface area (Å²) in [4.78, 5) is 0. The van der Waals surface area contributed by atoms with Crippen molar-refractivity contribution in [3.63, 3.8) is 0 Å². The van der Waals surface area contributed by atoms with Crippen LogP contribution in [0.4, 0.5) is 0 Å². The third-order valence-corrected chi connectivity index (χ3v) is 3.45. The lowest BCUT2D eigenvalue weighted by Gasteiger charge is -2.40. The second kappa shape index (κ2) is 3.78. The zero-order valence-electron chi connectivity index (χ0n) is 9.00. The summed E-state index contributed by atoms with van der Waals surface area (Å²) in [7, 11) is 0. The summed E-state index contributed by atoms with van der Waals surface area (Å²) in [6.07, 6.45) is 0.483. The average molecular weight is 170 g/mol. The molecule has 1 heteroatoms. The first-order valence-corrected chi connectivity index (χ1v) is 5.15. The Bertz CT molecular complexity index is 142. The van der Waals surface area contributed by atoms with Gasteiger partial charge in [-0.1, -0.05) is 34.6 Å². The first-order valence-electron chi connectivity index (χ1n) is 5.15. The van der Waals surface area contributed by atoms with Crippen molar-refractivity contribution in [1.29, 1.82) is 0 Å². The van der Waals surface area contributed by atoms with E-state index in [-0.39, 0.29) is 0 Å². The minimum atomic E-state index is 0.483. The molecule has 0 N–H and O–H groups in total. The summed E-state index contributed by atoms with van der Waals surface area (Å²) in [5.41, 5.74) is 0.